The normalized spacial score (nSPS) is 28.5. The maximum atomic E-state index is 13.7. The van der Waals surface area contributed by atoms with E-state index < -0.39 is 23.8 Å². The van der Waals surface area contributed by atoms with E-state index in [2.05, 4.69) is 0 Å². The number of anilines is 1. The molecule has 3 amide bonds. The van der Waals surface area contributed by atoms with Gasteiger partial charge in [0.15, 0.2) is 6.04 Å². The van der Waals surface area contributed by atoms with Crippen LogP contribution in [-0.2, 0) is 14.4 Å². The Bertz CT molecular complexity index is 1310. The third kappa shape index (κ3) is 2.39. The van der Waals surface area contributed by atoms with Crippen molar-refractivity contribution in [3.05, 3.63) is 84.1 Å². The Morgan fingerprint density at radius 2 is 1.58 bits per heavy atom. The standard InChI is InChI=1S/C25H19N3O3/c26-23(29)22-20-19(21-18-8-4-3-6-15(18)11-12-27(21)22)24(30)28(25(20)31)17-10-9-14-5-1-2-7-16(14)13-17/h1-13,19-22H,(H2,26,29)/p+1/t19-,20+,21+,22-/m0/s1. The maximum Gasteiger partial charge on any atom is 0.277 e. The lowest BCUT2D eigenvalue weighted by molar-refractivity contribution is -0.884. The Morgan fingerprint density at radius 3 is 2.39 bits per heavy atom. The summed E-state index contributed by atoms with van der Waals surface area (Å²) in [5, 5.41) is 1.98. The molecule has 0 radical (unpaired) electrons. The lowest BCUT2D eigenvalue weighted by Gasteiger charge is -2.30. The van der Waals surface area contributed by atoms with Crippen LogP contribution in [0.2, 0.25) is 0 Å². The summed E-state index contributed by atoms with van der Waals surface area (Å²) < 4.78 is 0. The lowest BCUT2D eigenvalue weighted by atomic mass is 9.84. The molecule has 0 bridgehead atoms. The summed E-state index contributed by atoms with van der Waals surface area (Å²) in [6.45, 7) is 0. The number of primary amides is 1. The van der Waals surface area contributed by atoms with Crippen LogP contribution in [0.15, 0.2) is 72.9 Å². The van der Waals surface area contributed by atoms with Gasteiger partial charge < -0.3 is 5.73 Å². The molecular weight excluding hydrogens is 390 g/mol. The molecule has 5 atom stereocenters. The second-order valence-corrected chi connectivity index (χ2v) is 8.41. The molecule has 3 aliphatic rings. The highest BCUT2D eigenvalue weighted by Crippen LogP contribution is 2.44. The van der Waals surface area contributed by atoms with E-state index in [1.165, 1.54) is 4.90 Å². The fourth-order valence-corrected chi connectivity index (χ4v) is 5.65. The molecule has 6 nitrogen and oxygen atoms in total. The zero-order valence-corrected chi connectivity index (χ0v) is 16.6. The number of nitrogens with two attached hydrogens (primary N) is 1. The highest BCUT2D eigenvalue weighted by molar-refractivity contribution is 6.24. The molecule has 2 fully saturated rings. The van der Waals surface area contributed by atoms with E-state index in [9.17, 15) is 14.4 Å². The third-order valence-electron chi connectivity index (χ3n) is 6.92. The first-order valence-corrected chi connectivity index (χ1v) is 10.4. The van der Waals surface area contributed by atoms with Gasteiger partial charge in [-0.15, -0.1) is 0 Å². The molecule has 0 spiro atoms. The van der Waals surface area contributed by atoms with Crippen LogP contribution in [0.25, 0.3) is 16.8 Å². The smallest absolute Gasteiger partial charge is 0.277 e. The van der Waals surface area contributed by atoms with Crippen LogP contribution in [-0.4, -0.2) is 23.8 Å². The monoisotopic (exact) mass is 410 g/mol. The zero-order chi connectivity index (χ0) is 21.3. The van der Waals surface area contributed by atoms with E-state index in [1.54, 1.807) is 6.07 Å². The first kappa shape index (κ1) is 18.0. The number of fused-ring (bicyclic) bond motifs is 6. The minimum atomic E-state index is -0.776. The van der Waals surface area contributed by atoms with Crippen molar-refractivity contribution in [3.63, 3.8) is 0 Å². The largest absolute Gasteiger partial charge is 0.364 e. The molecule has 6 heteroatoms. The van der Waals surface area contributed by atoms with Crippen LogP contribution in [0.4, 0.5) is 5.69 Å². The van der Waals surface area contributed by atoms with Crippen molar-refractivity contribution in [2.75, 3.05) is 4.90 Å². The Morgan fingerprint density at radius 1 is 0.871 bits per heavy atom. The number of hydrogen-bond acceptors (Lipinski definition) is 3. The number of amides is 3. The van der Waals surface area contributed by atoms with Gasteiger partial charge in [0.1, 0.15) is 17.9 Å². The van der Waals surface area contributed by atoms with Crippen molar-refractivity contribution < 1.29 is 19.3 Å². The molecule has 3 N–H and O–H groups in total. The van der Waals surface area contributed by atoms with E-state index >= 15 is 0 Å². The number of nitrogens with zero attached hydrogens (tertiary/aromatic N) is 1. The van der Waals surface area contributed by atoms with Gasteiger partial charge in [-0.3, -0.25) is 19.3 Å². The van der Waals surface area contributed by atoms with Gasteiger partial charge in [-0.1, -0.05) is 54.6 Å². The Balaban J connectivity index is 1.49. The summed E-state index contributed by atoms with van der Waals surface area (Å²) in [5.41, 5.74) is 8.28. The number of carbonyl (C=O) groups excluding carboxylic acids is 3. The van der Waals surface area contributed by atoms with Gasteiger partial charge in [-0.2, -0.15) is 0 Å². The van der Waals surface area contributed by atoms with Crippen molar-refractivity contribution in [1.29, 1.82) is 0 Å². The highest BCUT2D eigenvalue weighted by atomic mass is 16.2. The molecule has 0 aromatic heterocycles. The van der Waals surface area contributed by atoms with Gasteiger partial charge in [0, 0.05) is 5.56 Å². The zero-order valence-electron chi connectivity index (χ0n) is 16.6. The van der Waals surface area contributed by atoms with Crippen LogP contribution in [0.1, 0.15) is 17.2 Å². The lowest BCUT2D eigenvalue weighted by Crippen LogP contribution is -3.12. The molecular formula is C25H20N3O3+. The van der Waals surface area contributed by atoms with Crippen molar-refractivity contribution in [1.82, 2.24) is 0 Å². The molecule has 6 rings (SSSR count). The molecule has 3 heterocycles. The van der Waals surface area contributed by atoms with Crippen LogP contribution in [0.5, 0.6) is 0 Å². The fraction of sp³-hybridized carbons (Fsp3) is 0.160. The Labute approximate surface area is 178 Å². The minimum absolute atomic E-state index is 0.262. The van der Waals surface area contributed by atoms with Crippen LogP contribution >= 0.6 is 0 Å². The predicted molar refractivity (Wildman–Crippen MR) is 116 cm³/mol. The van der Waals surface area contributed by atoms with E-state index in [0.29, 0.717) is 5.69 Å². The molecule has 3 aromatic carbocycles. The average molecular weight is 410 g/mol. The summed E-state index contributed by atoms with van der Waals surface area (Å²) in [5.74, 6) is -2.56. The van der Waals surface area contributed by atoms with Crippen LogP contribution in [0, 0.1) is 11.8 Å². The van der Waals surface area contributed by atoms with Crippen molar-refractivity contribution >= 4 is 40.3 Å². The van der Waals surface area contributed by atoms with Gasteiger partial charge in [0.05, 0.1) is 11.9 Å². The number of imide groups is 1. The van der Waals surface area contributed by atoms with Gasteiger partial charge in [0.25, 0.3) is 5.91 Å². The van der Waals surface area contributed by atoms with Crippen molar-refractivity contribution in [2.45, 2.75) is 12.1 Å². The Kier molecular flexibility index (Phi) is 3.70. The SMILES string of the molecule is NC(=O)[C@@H]1[C@@H]2C(=O)N(c3ccc4ccccc4c3)C(=O)[C@@H]2[C@H]2c3ccccc3C=C[NH+]12. The molecule has 152 valence electrons. The number of hydrogen-bond donors (Lipinski definition) is 2. The summed E-state index contributed by atoms with van der Waals surface area (Å²) >= 11 is 0. The molecule has 0 saturated carbocycles. The first-order valence-electron chi connectivity index (χ1n) is 10.4. The molecule has 31 heavy (non-hydrogen) atoms. The highest BCUT2D eigenvalue weighted by Gasteiger charge is 2.67. The van der Waals surface area contributed by atoms with Crippen molar-refractivity contribution in [2.24, 2.45) is 17.6 Å². The molecule has 1 unspecified atom stereocenters. The van der Waals surface area contributed by atoms with Gasteiger partial charge in [-0.05, 0) is 34.5 Å². The molecule has 3 aromatic rings. The third-order valence-corrected chi connectivity index (χ3v) is 6.92. The maximum absolute atomic E-state index is 13.7. The second kappa shape index (κ2) is 6.36. The summed E-state index contributed by atoms with van der Waals surface area (Å²) in [4.78, 5) is 41.8. The summed E-state index contributed by atoms with van der Waals surface area (Å²) in [6.07, 6.45) is 3.82. The van der Waals surface area contributed by atoms with Crippen molar-refractivity contribution in [3.8, 4) is 0 Å². The number of rotatable bonds is 2. The second-order valence-electron chi connectivity index (χ2n) is 8.41. The average Bonchev–Trinajstić information content (AvgIpc) is 3.26. The van der Waals surface area contributed by atoms with E-state index in [4.69, 9.17) is 5.73 Å². The van der Waals surface area contributed by atoms with Gasteiger partial charge in [0.2, 0.25) is 11.8 Å². The summed E-state index contributed by atoms with van der Waals surface area (Å²) in [7, 11) is 0. The van der Waals surface area contributed by atoms with Crippen LogP contribution < -0.4 is 15.5 Å². The molecule has 2 saturated heterocycles. The topological polar surface area (TPSA) is 84.9 Å². The fourth-order valence-electron chi connectivity index (χ4n) is 5.65. The van der Waals surface area contributed by atoms with Gasteiger partial charge in [-0.25, -0.2) is 4.90 Å². The van der Waals surface area contributed by atoms with E-state index in [1.807, 2.05) is 72.9 Å². The van der Waals surface area contributed by atoms with E-state index in [-0.39, 0.29) is 17.9 Å². The number of quaternary nitrogens is 1. The number of carbonyl (C=O) groups is 3. The number of nitrogens with one attached hydrogen (secondary N) is 1. The van der Waals surface area contributed by atoms with Gasteiger partial charge >= 0.3 is 0 Å². The first-order chi connectivity index (χ1) is 15.1. The Hall–Kier alpha value is -3.77. The quantitative estimate of drug-likeness (QED) is 0.627. The van der Waals surface area contributed by atoms with E-state index in [0.717, 1.165) is 26.8 Å². The predicted octanol–water partition coefficient (Wildman–Crippen LogP) is 1.42. The molecule has 3 aliphatic heterocycles. The number of benzene rings is 3. The molecule has 0 aliphatic carbocycles. The van der Waals surface area contributed by atoms with Crippen LogP contribution in [0.3, 0.4) is 0 Å². The minimum Gasteiger partial charge on any atom is -0.364 e. The summed E-state index contributed by atoms with van der Waals surface area (Å²) in [6, 6.07) is 20.1.